The second-order valence-corrected chi connectivity index (χ2v) is 3.89. The Balaban J connectivity index is 2.06. The van der Waals surface area contributed by atoms with Crippen molar-refractivity contribution < 1.29 is 9.84 Å². The molecular formula is C14H15NO2. The molecule has 2 aromatic rings. The first kappa shape index (κ1) is 11.6. The van der Waals surface area contributed by atoms with Gasteiger partial charge in [0.2, 0.25) is 5.88 Å². The van der Waals surface area contributed by atoms with Crippen LogP contribution in [0.1, 0.15) is 16.8 Å². The van der Waals surface area contributed by atoms with Gasteiger partial charge in [0.1, 0.15) is 6.61 Å². The van der Waals surface area contributed by atoms with Crippen molar-refractivity contribution in [2.45, 2.75) is 20.1 Å². The van der Waals surface area contributed by atoms with Crippen molar-refractivity contribution in [3.8, 4) is 5.88 Å². The normalized spacial score (nSPS) is 10.2. The molecule has 0 fully saturated rings. The van der Waals surface area contributed by atoms with E-state index >= 15 is 0 Å². The monoisotopic (exact) mass is 229 g/mol. The maximum absolute atomic E-state index is 9.09. The van der Waals surface area contributed by atoms with Crippen molar-refractivity contribution in [1.29, 1.82) is 0 Å². The summed E-state index contributed by atoms with van der Waals surface area (Å²) in [6.45, 7) is 2.38. The lowest BCUT2D eigenvalue weighted by Gasteiger charge is -2.07. The first-order valence-electron chi connectivity index (χ1n) is 5.53. The largest absolute Gasteiger partial charge is 0.473 e. The molecule has 0 atom stereocenters. The minimum Gasteiger partial charge on any atom is -0.473 e. The standard InChI is InChI=1S/C14H15NO2/c1-11-7-13(9-16)8-14(15-11)17-10-12-5-3-2-4-6-12/h2-8,16H,9-10H2,1H3. The van der Waals surface area contributed by atoms with Crippen molar-refractivity contribution in [3.63, 3.8) is 0 Å². The quantitative estimate of drug-likeness (QED) is 0.875. The van der Waals surface area contributed by atoms with Gasteiger partial charge in [0, 0.05) is 11.8 Å². The summed E-state index contributed by atoms with van der Waals surface area (Å²) in [4.78, 5) is 4.26. The molecule has 0 bridgehead atoms. The van der Waals surface area contributed by atoms with Crippen LogP contribution in [-0.2, 0) is 13.2 Å². The highest BCUT2D eigenvalue weighted by Crippen LogP contribution is 2.14. The summed E-state index contributed by atoms with van der Waals surface area (Å²) < 4.78 is 5.59. The number of hydrogen-bond donors (Lipinski definition) is 1. The van der Waals surface area contributed by atoms with Crippen LogP contribution in [0.4, 0.5) is 0 Å². The Morgan fingerprint density at radius 2 is 1.88 bits per heavy atom. The van der Waals surface area contributed by atoms with Crippen molar-refractivity contribution in [1.82, 2.24) is 4.98 Å². The maximum Gasteiger partial charge on any atom is 0.214 e. The van der Waals surface area contributed by atoms with Gasteiger partial charge in [-0.25, -0.2) is 4.98 Å². The van der Waals surface area contributed by atoms with Crippen LogP contribution in [-0.4, -0.2) is 10.1 Å². The topological polar surface area (TPSA) is 42.4 Å². The van der Waals surface area contributed by atoms with Gasteiger partial charge in [-0.3, -0.25) is 0 Å². The van der Waals surface area contributed by atoms with Crippen LogP contribution in [0.3, 0.4) is 0 Å². The molecule has 0 saturated carbocycles. The van der Waals surface area contributed by atoms with Gasteiger partial charge in [-0.05, 0) is 24.1 Å². The second kappa shape index (κ2) is 5.46. The Labute approximate surface area is 101 Å². The average molecular weight is 229 g/mol. The first-order chi connectivity index (χ1) is 8.28. The zero-order valence-corrected chi connectivity index (χ0v) is 9.76. The summed E-state index contributed by atoms with van der Waals surface area (Å²) in [6, 6.07) is 13.5. The van der Waals surface area contributed by atoms with Gasteiger partial charge in [-0.1, -0.05) is 30.3 Å². The van der Waals surface area contributed by atoms with Gasteiger partial charge in [-0.15, -0.1) is 0 Å². The highest BCUT2D eigenvalue weighted by molar-refractivity contribution is 5.24. The van der Waals surface area contributed by atoms with Crippen LogP contribution in [0.2, 0.25) is 0 Å². The number of aliphatic hydroxyl groups excluding tert-OH is 1. The Kier molecular flexibility index (Phi) is 3.73. The summed E-state index contributed by atoms with van der Waals surface area (Å²) in [5.41, 5.74) is 2.77. The molecule has 1 aromatic heterocycles. The highest BCUT2D eigenvalue weighted by Gasteiger charge is 2.01. The SMILES string of the molecule is Cc1cc(CO)cc(OCc2ccccc2)n1. The van der Waals surface area contributed by atoms with Crippen LogP contribution in [0, 0.1) is 6.92 Å². The van der Waals surface area contributed by atoms with Gasteiger partial charge in [-0.2, -0.15) is 0 Å². The Bertz CT molecular complexity index is 483. The number of benzene rings is 1. The van der Waals surface area contributed by atoms with E-state index in [2.05, 4.69) is 4.98 Å². The Hall–Kier alpha value is -1.87. The fraction of sp³-hybridized carbons (Fsp3) is 0.214. The molecule has 3 heteroatoms. The third-order valence-electron chi connectivity index (χ3n) is 2.40. The molecule has 3 nitrogen and oxygen atoms in total. The van der Waals surface area contributed by atoms with Gasteiger partial charge >= 0.3 is 0 Å². The summed E-state index contributed by atoms with van der Waals surface area (Å²) in [7, 11) is 0. The molecule has 0 aliphatic rings. The Morgan fingerprint density at radius 3 is 2.59 bits per heavy atom. The molecule has 17 heavy (non-hydrogen) atoms. The van der Waals surface area contributed by atoms with E-state index in [1.165, 1.54) is 0 Å². The lowest BCUT2D eigenvalue weighted by atomic mass is 10.2. The predicted octanol–water partition coefficient (Wildman–Crippen LogP) is 2.46. The number of ether oxygens (including phenoxy) is 1. The predicted molar refractivity (Wildman–Crippen MR) is 65.7 cm³/mol. The summed E-state index contributed by atoms with van der Waals surface area (Å²) in [5.74, 6) is 0.554. The Morgan fingerprint density at radius 1 is 1.12 bits per heavy atom. The molecular weight excluding hydrogens is 214 g/mol. The number of hydrogen-bond acceptors (Lipinski definition) is 3. The third kappa shape index (κ3) is 3.29. The third-order valence-corrected chi connectivity index (χ3v) is 2.40. The van der Waals surface area contributed by atoms with E-state index in [9.17, 15) is 0 Å². The van der Waals surface area contributed by atoms with Gasteiger partial charge < -0.3 is 9.84 Å². The first-order valence-corrected chi connectivity index (χ1v) is 5.53. The number of aliphatic hydroxyl groups is 1. The molecule has 88 valence electrons. The summed E-state index contributed by atoms with van der Waals surface area (Å²) >= 11 is 0. The van der Waals surface area contributed by atoms with Crippen molar-refractivity contribution in [3.05, 3.63) is 59.3 Å². The van der Waals surface area contributed by atoms with E-state index in [1.807, 2.05) is 43.3 Å². The van der Waals surface area contributed by atoms with Crippen LogP contribution in [0.5, 0.6) is 5.88 Å². The zero-order chi connectivity index (χ0) is 12.1. The van der Waals surface area contributed by atoms with Crippen LogP contribution < -0.4 is 4.74 Å². The van der Waals surface area contributed by atoms with Gasteiger partial charge in [0.15, 0.2) is 0 Å². The number of aryl methyl sites for hydroxylation is 1. The van der Waals surface area contributed by atoms with Gasteiger partial charge in [0.25, 0.3) is 0 Å². The number of pyridine rings is 1. The van der Waals surface area contributed by atoms with E-state index in [0.29, 0.717) is 12.5 Å². The van der Waals surface area contributed by atoms with E-state index in [-0.39, 0.29) is 6.61 Å². The molecule has 0 aliphatic carbocycles. The van der Waals surface area contributed by atoms with Crippen LogP contribution in [0.15, 0.2) is 42.5 Å². The molecule has 0 radical (unpaired) electrons. The zero-order valence-electron chi connectivity index (χ0n) is 9.76. The second-order valence-electron chi connectivity index (χ2n) is 3.89. The number of aromatic nitrogens is 1. The van der Waals surface area contributed by atoms with E-state index in [4.69, 9.17) is 9.84 Å². The molecule has 0 unspecified atom stereocenters. The molecule has 0 spiro atoms. The molecule has 0 amide bonds. The van der Waals surface area contributed by atoms with Gasteiger partial charge in [0.05, 0.1) is 6.61 Å². The molecule has 1 heterocycles. The summed E-state index contributed by atoms with van der Waals surface area (Å²) in [6.07, 6.45) is 0. The minimum atomic E-state index is 0.00502. The minimum absolute atomic E-state index is 0.00502. The highest BCUT2D eigenvalue weighted by atomic mass is 16.5. The molecule has 2 rings (SSSR count). The van der Waals surface area contributed by atoms with Crippen molar-refractivity contribution in [2.75, 3.05) is 0 Å². The van der Waals surface area contributed by atoms with Crippen LogP contribution in [0.25, 0.3) is 0 Å². The fourth-order valence-electron chi connectivity index (χ4n) is 1.60. The number of nitrogens with zero attached hydrogens (tertiary/aromatic N) is 1. The summed E-state index contributed by atoms with van der Waals surface area (Å²) in [5, 5.41) is 9.09. The van der Waals surface area contributed by atoms with E-state index in [0.717, 1.165) is 16.8 Å². The van der Waals surface area contributed by atoms with Crippen LogP contribution >= 0.6 is 0 Å². The molecule has 1 aromatic carbocycles. The van der Waals surface area contributed by atoms with Crippen molar-refractivity contribution >= 4 is 0 Å². The molecule has 0 saturated heterocycles. The smallest absolute Gasteiger partial charge is 0.214 e. The number of rotatable bonds is 4. The maximum atomic E-state index is 9.09. The van der Waals surface area contributed by atoms with E-state index in [1.54, 1.807) is 6.07 Å². The van der Waals surface area contributed by atoms with Crippen molar-refractivity contribution in [2.24, 2.45) is 0 Å². The lowest BCUT2D eigenvalue weighted by molar-refractivity contribution is 0.274. The molecule has 1 N–H and O–H groups in total. The lowest BCUT2D eigenvalue weighted by Crippen LogP contribution is -1.99. The average Bonchev–Trinajstić information content (AvgIpc) is 2.37. The van der Waals surface area contributed by atoms with E-state index < -0.39 is 0 Å². The fourth-order valence-corrected chi connectivity index (χ4v) is 1.60. The molecule has 0 aliphatic heterocycles.